The van der Waals surface area contributed by atoms with Crippen LogP contribution in [0.25, 0.3) is 0 Å². The Kier molecular flexibility index (Phi) is 5.76. The Morgan fingerprint density at radius 2 is 1.93 bits per heavy atom. The number of nitrogens with one attached hydrogen (secondary N) is 1. The summed E-state index contributed by atoms with van der Waals surface area (Å²) in [6, 6.07) is 3.67. The number of aryl methyl sites for hydroxylation is 3. The van der Waals surface area contributed by atoms with Gasteiger partial charge in [0, 0.05) is 32.4 Å². The zero-order valence-corrected chi connectivity index (χ0v) is 16.2. The zero-order chi connectivity index (χ0) is 19.6. The minimum absolute atomic E-state index is 0.143. The molecule has 3 heterocycles. The van der Waals surface area contributed by atoms with Crippen molar-refractivity contribution in [1.29, 1.82) is 0 Å². The van der Waals surface area contributed by atoms with E-state index in [2.05, 4.69) is 15.3 Å². The van der Waals surface area contributed by atoms with E-state index < -0.39 is 11.7 Å². The first-order valence-corrected chi connectivity index (χ1v) is 9.09. The first-order chi connectivity index (χ1) is 12.9. The lowest BCUT2D eigenvalue weighted by Crippen LogP contribution is -2.44. The van der Waals surface area contributed by atoms with Crippen molar-refractivity contribution in [2.24, 2.45) is 7.05 Å². The fourth-order valence-electron chi connectivity index (χ4n) is 3.42. The van der Waals surface area contributed by atoms with Crippen LogP contribution in [0.1, 0.15) is 39.3 Å². The van der Waals surface area contributed by atoms with Crippen LogP contribution in [0.5, 0.6) is 0 Å². The van der Waals surface area contributed by atoms with Gasteiger partial charge in [-0.15, -0.1) is 0 Å². The third-order valence-corrected chi connectivity index (χ3v) is 4.97. The summed E-state index contributed by atoms with van der Waals surface area (Å²) in [4.78, 5) is 27.3. The van der Waals surface area contributed by atoms with Crippen molar-refractivity contribution in [3.8, 4) is 0 Å². The van der Waals surface area contributed by atoms with Crippen molar-refractivity contribution in [3.05, 3.63) is 40.6 Å². The van der Waals surface area contributed by atoms with E-state index in [-0.39, 0.29) is 12.6 Å². The van der Waals surface area contributed by atoms with Gasteiger partial charge in [-0.3, -0.25) is 19.2 Å². The van der Waals surface area contributed by atoms with Crippen molar-refractivity contribution in [1.82, 2.24) is 20.0 Å². The molecule has 0 aromatic carbocycles. The number of ether oxygens (including phenoxy) is 1. The molecule has 1 amide bonds. The average Bonchev–Trinajstić information content (AvgIpc) is 3.18. The largest absolute Gasteiger partial charge is 0.465 e. The molecule has 3 rings (SSSR count). The highest BCUT2D eigenvalue weighted by molar-refractivity contribution is 6.43. The second kappa shape index (κ2) is 8.06. The van der Waals surface area contributed by atoms with Gasteiger partial charge in [0.1, 0.15) is 11.5 Å². The summed E-state index contributed by atoms with van der Waals surface area (Å²) >= 11 is 0. The van der Waals surface area contributed by atoms with Crippen molar-refractivity contribution >= 4 is 11.7 Å². The lowest BCUT2D eigenvalue weighted by Gasteiger charge is -2.33. The van der Waals surface area contributed by atoms with E-state index in [0.717, 1.165) is 24.6 Å². The Bertz CT molecular complexity index is 833. The van der Waals surface area contributed by atoms with Gasteiger partial charge >= 0.3 is 0 Å². The van der Waals surface area contributed by atoms with Crippen LogP contribution in [0.3, 0.4) is 0 Å². The van der Waals surface area contributed by atoms with E-state index in [1.165, 1.54) is 0 Å². The summed E-state index contributed by atoms with van der Waals surface area (Å²) in [5.74, 6) is 0.397. The fourth-order valence-corrected chi connectivity index (χ4v) is 3.42. The van der Waals surface area contributed by atoms with Crippen LogP contribution in [0, 0.1) is 20.8 Å². The molecule has 1 N–H and O–H groups in total. The second-order valence-electron chi connectivity index (χ2n) is 6.82. The van der Waals surface area contributed by atoms with Crippen LogP contribution in [0.2, 0.25) is 0 Å². The summed E-state index contributed by atoms with van der Waals surface area (Å²) in [5, 5.41) is 6.99. The van der Waals surface area contributed by atoms with Crippen LogP contribution in [0.4, 0.5) is 0 Å². The normalized spacial score (nSPS) is 16.3. The van der Waals surface area contributed by atoms with Crippen molar-refractivity contribution in [3.63, 3.8) is 0 Å². The third kappa shape index (κ3) is 4.12. The minimum atomic E-state index is -0.629. The Morgan fingerprint density at radius 1 is 1.22 bits per heavy atom. The standard InChI is InChI=1S/C19H26N4O4/c1-12-5-6-16(27-12)15(23-7-9-26-10-8-23)11-20-19(25)18(24)17-13(2)21-22(4)14(17)3/h5-6,15H,7-11H2,1-4H3,(H,20,25). The van der Waals surface area contributed by atoms with E-state index in [4.69, 9.17) is 9.15 Å². The van der Waals surface area contributed by atoms with Crippen LogP contribution < -0.4 is 5.32 Å². The molecule has 146 valence electrons. The SMILES string of the molecule is Cc1ccc(C(CNC(=O)C(=O)c2c(C)nn(C)c2C)N2CCOCC2)o1. The van der Waals surface area contributed by atoms with Crippen molar-refractivity contribution in [2.45, 2.75) is 26.8 Å². The molecule has 1 aliphatic rings. The maximum atomic E-state index is 12.6. The van der Waals surface area contributed by atoms with Gasteiger partial charge in [0.15, 0.2) is 0 Å². The first-order valence-electron chi connectivity index (χ1n) is 9.09. The van der Waals surface area contributed by atoms with Gasteiger partial charge in [0.25, 0.3) is 11.7 Å². The molecular formula is C19H26N4O4. The van der Waals surface area contributed by atoms with E-state index >= 15 is 0 Å². The molecule has 2 aromatic heterocycles. The van der Waals surface area contributed by atoms with Gasteiger partial charge in [-0.1, -0.05) is 0 Å². The van der Waals surface area contributed by atoms with Crippen molar-refractivity contribution < 1.29 is 18.7 Å². The number of rotatable bonds is 6. The first kappa shape index (κ1) is 19.3. The smallest absolute Gasteiger partial charge is 0.292 e. The molecular weight excluding hydrogens is 348 g/mol. The van der Waals surface area contributed by atoms with E-state index in [1.54, 1.807) is 25.6 Å². The molecule has 8 nitrogen and oxygen atoms in total. The Hall–Kier alpha value is -2.45. The van der Waals surface area contributed by atoms with Crippen LogP contribution >= 0.6 is 0 Å². The Balaban J connectivity index is 1.72. The second-order valence-corrected chi connectivity index (χ2v) is 6.82. The molecule has 0 radical (unpaired) electrons. The maximum absolute atomic E-state index is 12.6. The molecule has 0 aliphatic carbocycles. The number of ketones is 1. The average molecular weight is 374 g/mol. The van der Waals surface area contributed by atoms with Crippen molar-refractivity contribution in [2.75, 3.05) is 32.8 Å². The van der Waals surface area contributed by atoms with E-state index in [0.29, 0.717) is 30.2 Å². The zero-order valence-electron chi connectivity index (χ0n) is 16.2. The molecule has 0 spiro atoms. The molecule has 1 atom stereocenters. The highest BCUT2D eigenvalue weighted by Crippen LogP contribution is 2.23. The summed E-state index contributed by atoms with van der Waals surface area (Å²) in [5.41, 5.74) is 1.60. The van der Waals surface area contributed by atoms with Crippen LogP contribution in [0.15, 0.2) is 16.5 Å². The number of furan rings is 1. The number of amides is 1. The fraction of sp³-hybridized carbons (Fsp3) is 0.526. The summed E-state index contributed by atoms with van der Waals surface area (Å²) in [7, 11) is 1.75. The molecule has 1 aliphatic heterocycles. The Labute approximate surface area is 158 Å². The summed E-state index contributed by atoms with van der Waals surface area (Å²) < 4.78 is 12.8. The molecule has 1 saturated heterocycles. The lowest BCUT2D eigenvalue weighted by molar-refractivity contribution is -0.117. The van der Waals surface area contributed by atoms with E-state index in [9.17, 15) is 9.59 Å². The van der Waals surface area contributed by atoms with Crippen LogP contribution in [-0.2, 0) is 16.6 Å². The van der Waals surface area contributed by atoms with Gasteiger partial charge in [-0.05, 0) is 32.9 Å². The quantitative estimate of drug-likeness (QED) is 0.606. The van der Waals surface area contributed by atoms with Gasteiger partial charge in [0.05, 0.1) is 30.5 Å². The molecule has 0 bridgehead atoms. The molecule has 0 saturated carbocycles. The predicted octanol–water partition coefficient (Wildman–Crippen LogP) is 1.31. The highest BCUT2D eigenvalue weighted by atomic mass is 16.5. The number of carbonyl (C=O) groups is 2. The van der Waals surface area contributed by atoms with Crippen LogP contribution in [-0.4, -0.2) is 59.2 Å². The molecule has 1 fully saturated rings. The van der Waals surface area contributed by atoms with Gasteiger partial charge in [-0.2, -0.15) is 5.10 Å². The molecule has 27 heavy (non-hydrogen) atoms. The number of morpholine rings is 1. The van der Waals surface area contributed by atoms with Gasteiger partial charge < -0.3 is 14.5 Å². The molecule has 8 heteroatoms. The number of hydrogen-bond acceptors (Lipinski definition) is 6. The monoisotopic (exact) mass is 374 g/mol. The number of hydrogen-bond donors (Lipinski definition) is 1. The number of carbonyl (C=O) groups excluding carboxylic acids is 2. The molecule has 1 unspecified atom stereocenters. The van der Waals surface area contributed by atoms with Gasteiger partial charge in [0.2, 0.25) is 0 Å². The number of aromatic nitrogens is 2. The molecule has 2 aromatic rings. The summed E-state index contributed by atoms with van der Waals surface area (Å²) in [6.07, 6.45) is 0. The van der Waals surface area contributed by atoms with E-state index in [1.807, 2.05) is 19.1 Å². The number of nitrogens with zero attached hydrogens (tertiary/aromatic N) is 3. The predicted molar refractivity (Wildman–Crippen MR) is 98.6 cm³/mol. The lowest BCUT2D eigenvalue weighted by atomic mass is 10.1. The minimum Gasteiger partial charge on any atom is -0.465 e. The highest BCUT2D eigenvalue weighted by Gasteiger charge is 2.28. The topological polar surface area (TPSA) is 89.6 Å². The van der Waals surface area contributed by atoms with Gasteiger partial charge in [-0.25, -0.2) is 0 Å². The third-order valence-electron chi connectivity index (χ3n) is 4.97. The summed E-state index contributed by atoms with van der Waals surface area (Å²) in [6.45, 7) is 8.45. The Morgan fingerprint density at radius 3 is 2.48 bits per heavy atom. The number of Topliss-reactive ketones (excluding diaryl/α,β-unsaturated/α-hetero) is 1. The maximum Gasteiger partial charge on any atom is 0.292 e.